The zero-order valence-corrected chi connectivity index (χ0v) is 13.0. The lowest BCUT2D eigenvalue weighted by molar-refractivity contribution is 0.226. The van der Waals surface area contributed by atoms with Crippen molar-refractivity contribution >= 4 is 10.0 Å². The van der Waals surface area contributed by atoms with Gasteiger partial charge in [-0.2, -0.15) is 9.57 Å². The first-order chi connectivity index (χ1) is 9.87. The number of hydrogen-bond acceptors (Lipinski definition) is 3. The predicted molar refractivity (Wildman–Crippen MR) is 77.4 cm³/mol. The smallest absolute Gasteiger partial charge is 0.207 e. The van der Waals surface area contributed by atoms with Gasteiger partial charge < -0.3 is 0 Å². The molecule has 1 saturated heterocycles. The monoisotopic (exact) mass is 310 g/mol. The van der Waals surface area contributed by atoms with Gasteiger partial charge in [-0.15, -0.1) is 0 Å². The third-order valence-corrected chi connectivity index (χ3v) is 6.09. The van der Waals surface area contributed by atoms with Crippen LogP contribution in [0.2, 0.25) is 0 Å². The van der Waals surface area contributed by atoms with Crippen LogP contribution in [0.25, 0.3) is 0 Å². The van der Waals surface area contributed by atoms with E-state index in [0.29, 0.717) is 24.9 Å². The Bertz CT molecular complexity index is 657. The van der Waals surface area contributed by atoms with Crippen LogP contribution in [0, 0.1) is 29.0 Å². The summed E-state index contributed by atoms with van der Waals surface area (Å²) in [5, 5.41) is 9.00. The molecule has 21 heavy (non-hydrogen) atoms. The molecule has 4 nitrogen and oxygen atoms in total. The second-order valence-electron chi connectivity index (χ2n) is 5.71. The average Bonchev–Trinajstić information content (AvgIpc) is 2.47. The Morgan fingerprint density at radius 3 is 2.48 bits per heavy atom. The summed E-state index contributed by atoms with van der Waals surface area (Å²) in [6.07, 6.45) is 1.60. The van der Waals surface area contributed by atoms with Crippen LogP contribution in [0.5, 0.6) is 0 Å². The Morgan fingerprint density at radius 2 is 1.95 bits per heavy atom. The van der Waals surface area contributed by atoms with Crippen molar-refractivity contribution in [1.29, 1.82) is 5.26 Å². The molecule has 114 valence electrons. The van der Waals surface area contributed by atoms with Gasteiger partial charge in [0.05, 0.1) is 0 Å². The Labute approximate surface area is 125 Å². The second-order valence-corrected chi connectivity index (χ2v) is 7.62. The van der Waals surface area contributed by atoms with Crippen LogP contribution in [0.3, 0.4) is 0 Å². The molecular formula is C15H19FN2O2S. The van der Waals surface area contributed by atoms with Gasteiger partial charge in [0.1, 0.15) is 22.3 Å². The molecule has 0 spiro atoms. The number of hydrogen-bond donors (Lipinski definition) is 0. The van der Waals surface area contributed by atoms with Crippen LogP contribution in [0.15, 0.2) is 23.1 Å². The molecule has 2 rings (SSSR count). The molecule has 0 unspecified atom stereocenters. The average molecular weight is 310 g/mol. The highest BCUT2D eigenvalue weighted by Crippen LogP contribution is 2.29. The second kappa shape index (κ2) is 6.12. The summed E-state index contributed by atoms with van der Waals surface area (Å²) in [6.45, 7) is 5.11. The molecular weight excluding hydrogens is 291 g/mol. The molecule has 1 fully saturated rings. The van der Waals surface area contributed by atoms with Gasteiger partial charge in [0.25, 0.3) is 0 Å². The van der Waals surface area contributed by atoms with E-state index in [0.717, 1.165) is 18.9 Å². The van der Waals surface area contributed by atoms with Crippen molar-refractivity contribution in [2.24, 2.45) is 11.8 Å². The number of nitrogens with zero attached hydrogens (tertiary/aromatic N) is 2. The van der Waals surface area contributed by atoms with E-state index in [1.807, 2.05) is 0 Å². The van der Waals surface area contributed by atoms with Crippen LogP contribution < -0.4 is 0 Å². The molecule has 0 amide bonds. The van der Waals surface area contributed by atoms with Crippen LogP contribution in [0.1, 0.15) is 32.3 Å². The first-order valence-electron chi connectivity index (χ1n) is 7.06. The van der Waals surface area contributed by atoms with Crippen molar-refractivity contribution in [3.05, 3.63) is 29.6 Å². The van der Waals surface area contributed by atoms with Gasteiger partial charge in [0, 0.05) is 13.1 Å². The zero-order chi connectivity index (χ0) is 15.6. The molecule has 1 aliphatic heterocycles. The lowest BCUT2D eigenvalue weighted by Gasteiger charge is -2.33. The molecule has 6 heteroatoms. The van der Waals surface area contributed by atoms with E-state index in [4.69, 9.17) is 5.26 Å². The molecule has 0 atom stereocenters. The summed E-state index contributed by atoms with van der Waals surface area (Å²) in [5.74, 6) is 0.244. The Balaban J connectivity index is 2.29. The highest BCUT2D eigenvalue weighted by atomic mass is 32.2. The molecule has 0 bridgehead atoms. The summed E-state index contributed by atoms with van der Waals surface area (Å²) in [5.41, 5.74) is -0.400. The third-order valence-electron chi connectivity index (χ3n) is 4.15. The van der Waals surface area contributed by atoms with Crippen LogP contribution in [0.4, 0.5) is 4.39 Å². The van der Waals surface area contributed by atoms with Crippen LogP contribution >= 0.6 is 0 Å². The predicted octanol–water partition coefficient (Wildman–Crippen LogP) is 2.75. The highest BCUT2D eigenvalue weighted by molar-refractivity contribution is 7.89. The lowest BCUT2D eigenvalue weighted by atomic mass is 9.87. The number of sulfonamides is 1. The molecule has 1 aliphatic rings. The van der Waals surface area contributed by atoms with Crippen molar-refractivity contribution in [3.63, 3.8) is 0 Å². The first-order valence-corrected chi connectivity index (χ1v) is 8.50. The van der Waals surface area contributed by atoms with E-state index in [1.165, 1.54) is 16.4 Å². The topological polar surface area (TPSA) is 61.2 Å². The molecule has 1 heterocycles. The van der Waals surface area contributed by atoms with E-state index < -0.39 is 21.4 Å². The lowest BCUT2D eigenvalue weighted by Crippen LogP contribution is -2.39. The fourth-order valence-corrected chi connectivity index (χ4v) is 4.37. The largest absolute Gasteiger partial charge is 0.244 e. The third kappa shape index (κ3) is 3.09. The van der Waals surface area contributed by atoms with Gasteiger partial charge in [0.2, 0.25) is 10.0 Å². The van der Waals surface area contributed by atoms with Crippen molar-refractivity contribution in [3.8, 4) is 6.07 Å². The minimum atomic E-state index is -3.81. The maximum Gasteiger partial charge on any atom is 0.244 e. The van der Waals surface area contributed by atoms with E-state index in [9.17, 15) is 12.8 Å². The minimum absolute atomic E-state index is 0.229. The minimum Gasteiger partial charge on any atom is -0.207 e. The fraction of sp³-hybridized carbons (Fsp3) is 0.533. The maximum absolute atomic E-state index is 13.6. The summed E-state index contributed by atoms with van der Waals surface area (Å²) in [6, 6.07) is 5.38. The molecule has 0 aliphatic carbocycles. The molecule has 0 radical (unpaired) electrons. The molecule has 0 saturated carbocycles. The van der Waals surface area contributed by atoms with Gasteiger partial charge in [-0.1, -0.05) is 19.9 Å². The normalized spacial score (nSPS) is 17.9. The molecule has 1 aromatic carbocycles. The number of piperidine rings is 1. The quantitative estimate of drug-likeness (QED) is 0.862. The standard InChI is InChI=1S/C15H19FN2O2S/c1-11(2)12-6-8-18(9-7-12)21(19,20)15-5-3-4-14(16)13(15)10-17/h3-5,11-12H,6-9H2,1-2H3. The summed E-state index contributed by atoms with van der Waals surface area (Å²) >= 11 is 0. The first kappa shape index (κ1) is 15.9. The van der Waals surface area contributed by atoms with Gasteiger partial charge in [-0.25, -0.2) is 12.8 Å². The Hall–Kier alpha value is -1.45. The summed E-state index contributed by atoms with van der Waals surface area (Å²) < 4.78 is 40.2. The van der Waals surface area contributed by atoms with Gasteiger partial charge >= 0.3 is 0 Å². The van der Waals surface area contributed by atoms with Crippen molar-refractivity contribution < 1.29 is 12.8 Å². The van der Waals surface area contributed by atoms with Gasteiger partial charge in [-0.3, -0.25) is 0 Å². The van der Waals surface area contributed by atoms with E-state index >= 15 is 0 Å². The van der Waals surface area contributed by atoms with E-state index in [2.05, 4.69) is 13.8 Å². The maximum atomic E-state index is 13.6. The fourth-order valence-electron chi connectivity index (χ4n) is 2.75. The van der Waals surface area contributed by atoms with Gasteiger partial charge in [0.15, 0.2) is 0 Å². The van der Waals surface area contributed by atoms with Crippen LogP contribution in [-0.2, 0) is 10.0 Å². The highest BCUT2D eigenvalue weighted by Gasteiger charge is 2.32. The summed E-state index contributed by atoms with van der Waals surface area (Å²) in [4.78, 5) is -0.229. The SMILES string of the molecule is CC(C)C1CCN(S(=O)(=O)c2cccc(F)c2C#N)CC1. The Kier molecular flexibility index (Phi) is 4.64. The zero-order valence-electron chi connectivity index (χ0n) is 12.2. The molecule has 1 aromatic rings. The Morgan fingerprint density at radius 1 is 1.33 bits per heavy atom. The summed E-state index contributed by atoms with van der Waals surface area (Å²) in [7, 11) is -3.81. The van der Waals surface area contributed by atoms with E-state index in [-0.39, 0.29) is 4.90 Å². The molecule has 0 aromatic heterocycles. The van der Waals surface area contributed by atoms with E-state index in [1.54, 1.807) is 6.07 Å². The number of nitriles is 1. The number of benzene rings is 1. The molecule has 0 N–H and O–H groups in total. The number of rotatable bonds is 3. The van der Waals surface area contributed by atoms with Crippen molar-refractivity contribution in [1.82, 2.24) is 4.31 Å². The number of halogens is 1. The van der Waals surface area contributed by atoms with Gasteiger partial charge in [-0.05, 0) is 36.8 Å². The van der Waals surface area contributed by atoms with Crippen molar-refractivity contribution in [2.45, 2.75) is 31.6 Å². The van der Waals surface area contributed by atoms with Crippen molar-refractivity contribution in [2.75, 3.05) is 13.1 Å². The van der Waals surface area contributed by atoms with Crippen LogP contribution in [-0.4, -0.2) is 25.8 Å².